The molecule has 4 aromatic rings. The van der Waals surface area contributed by atoms with E-state index in [1.165, 1.54) is 19.2 Å². The van der Waals surface area contributed by atoms with E-state index in [0.29, 0.717) is 16.9 Å². The van der Waals surface area contributed by atoms with E-state index in [1.807, 2.05) is 24.3 Å². The number of hydrogen-bond donors (Lipinski definition) is 2. The van der Waals surface area contributed by atoms with Gasteiger partial charge in [-0.25, -0.2) is 14.2 Å². The molecule has 0 aliphatic rings. The maximum Gasteiger partial charge on any atom is 0.325 e. The van der Waals surface area contributed by atoms with Crippen LogP contribution in [-0.4, -0.2) is 22.1 Å². The molecule has 2 N–H and O–H groups in total. The Morgan fingerprint density at radius 1 is 1.09 bits per heavy atom. The van der Waals surface area contributed by atoms with Crippen LogP contribution in [0.4, 0.5) is 4.39 Å². The SMILES string of the molecule is COc1cc(F)ccc1-c1ccc2nc3[nH]c(=O)[nH]c3cc2c1. The van der Waals surface area contributed by atoms with Crippen LogP contribution in [0.1, 0.15) is 0 Å². The van der Waals surface area contributed by atoms with Crippen LogP contribution in [0.25, 0.3) is 33.2 Å². The molecule has 23 heavy (non-hydrogen) atoms. The number of methoxy groups -OCH3 is 1. The third kappa shape index (κ3) is 2.24. The second-order valence-corrected chi connectivity index (χ2v) is 5.22. The molecule has 0 aliphatic carbocycles. The first kappa shape index (κ1) is 13.5. The molecule has 0 aliphatic heterocycles. The lowest BCUT2D eigenvalue weighted by Gasteiger charge is -2.09. The number of rotatable bonds is 2. The van der Waals surface area contributed by atoms with Crippen molar-refractivity contribution in [3.8, 4) is 16.9 Å². The zero-order valence-electron chi connectivity index (χ0n) is 12.2. The monoisotopic (exact) mass is 309 g/mol. The van der Waals surface area contributed by atoms with Crippen LogP contribution < -0.4 is 10.4 Å². The van der Waals surface area contributed by atoms with Crippen LogP contribution in [0, 0.1) is 5.82 Å². The number of pyridine rings is 1. The number of fused-ring (bicyclic) bond motifs is 2. The topological polar surface area (TPSA) is 70.8 Å². The van der Waals surface area contributed by atoms with Crippen molar-refractivity contribution in [1.82, 2.24) is 15.0 Å². The van der Waals surface area contributed by atoms with Gasteiger partial charge in [0.2, 0.25) is 0 Å². The molecule has 0 bridgehead atoms. The lowest BCUT2D eigenvalue weighted by Crippen LogP contribution is -1.99. The van der Waals surface area contributed by atoms with Crippen LogP contribution in [0.15, 0.2) is 47.3 Å². The Kier molecular flexibility index (Phi) is 2.90. The number of aromatic nitrogens is 3. The van der Waals surface area contributed by atoms with Crippen LogP contribution >= 0.6 is 0 Å². The molecule has 114 valence electrons. The van der Waals surface area contributed by atoms with E-state index >= 15 is 0 Å². The van der Waals surface area contributed by atoms with E-state index in [-0.39, 0.29) is 11.5 Å². The second-order valence-electron chi connectivity index (χ2n) is 5.22. The number of nitrogens with zero attached hydrogens (tertiary/aromatic N) is 1. The standard InChI is InChI=1S/C17H12FN3O2/c1-23-15-8-11(18)3-4-12(15)9-2-5-13-10(6-9)7-14-16(19-13)21-17(22)20-14/h2-8H,1H3,(H2,19,20,21,22). The molecule has 0 spiro atoms. The number of ether oxygens (including phenoxy) is 1. The highest BCUT2D eigenvalue weighted by Crippen LogP contribution is 2.32. The van der Waals surface area contributed by atoms with Gasteiger partial charge in [0, 0.05) is 17.0 Å². The van der Waals surface area contributed by atoms with Crippen molar-refractivity contribution in [2.75, 3.05) is 7.11 Å². The number of hydrogen-bond acceptors (Lipinski definition) is 3. The van der Waals surface area contributed by atoms with Gasteiger partial charge < -0.3 is 9.72 Å². The normalized spacial score (nSPS) is 11.2. The summed E-state index contributed by atoms with van der Waals surface area (Å²) in [4.78, 5) is 21.1. The summed E-state index contributed by atoms with van der Waals surface area (Å²) in [5.74, 6) is 0.119. The second kappa shape index (κ2) is 4.95. The van der Waals surface area contributed by atoms with Crippen molar-refractivity contribution < 1.29 is 9.13 Å². The summed E-state index contributed by atoms with van der Waals surface area (Å²) in [6.07, 6.45) is 0. The molecule has 2 aromatic carbocycles. The first-order valence-corrected chi connectivity index (χ1v) is 7.01. The summed E-state index contributed by atoms with van der Waals surface area (Å²) in [6, 6.07) is 12.0. The van der Waals surface area contributed by atoms with Gasteiger partial charge >= 0.3 is 5.69 Å². The number of imidazole rings is 1. The van der Waals surface area contributed by atoms with Gasteiger partial charge in [0.1, 0.15) is 11.6 Å². The molecule has 4 rings (SSSR count). The van der Waals surface area contributed by atoms with Gasteiger partial charge in [-0.2, -0.15) is 0 Å². The lowest BCUT2D eigenvalue weighted by atomic mass is 10.0. The Hall–Kier alpha value is -3.15. The van der Waals surface area contributed by atoms with Gasteiger partial charge in [0.15, 0.2) is 5.65 Å². The van der Waals surface area contributed by atoms with E-state index < -0.39 is 0 Å². The highest BCUT2D eigenvalue weighted by molar-refractivity contribution is 5.92. The minimum atomic E-state index is -0.348. The smallest absolute Gasteiger partial charge is 0.325 e. The molecular formula is C17H12FN3O2. The Balaban J connectivity index is 1.94. The molecular weight excluding hydrogens is 297 g/mol. The van der Waals surface area contributed by atoms with Gasteiger partial charge in [0.05, 0.1) is 18.1 Å². The molecule has 0 saturated heterocycles. The fourth-order valence-corrected chi connectivity index (χ4v) is 2.70. The number of H-pyrrole nitrogens is 2. The molecule has 0 radical (unpaired) electrons. The van der Waals surface area contributed by atoms with Crippen molar-refractivity contribution >= 4 is 22.1 Å². The molecule has 0 unspecified atom stereocenters. The maximum atomic E-state index is 13.4. The van der Waals surface area contributed by atoms with Crippen LogP contribution in [0.5, 0.6) is 5.75 Å². The largest absolute Gasteiger partial charge is 0.496 e. The predicted octanol–water partition coefficient (Wildman–Crippen LogP) is 3.22. The minimum Gasteiger partial charge on any atom is -0.496 e. The average molecular weight is 309 g/mol. The van der Waals surface area contributed by atoms with Crippen LogP contribution in [0.3, 0.4) is 0 Å². The van der Waals surface area contributed by atoms with Crippen molar-refractivity contribution in [2.45, 2.75) is 0 Å². The van der Waals surface area contributed by atoms with Crippen molar-refractivity contribution in [1.29, 1.82) is 0 Å². The molecule has 0 saturated carbocycles. The average Bonchev–Trinajstić information content (AvgIpc) is 2.90. The third-order valence-corrected chi connectivity index (χ3v) is 3.77. The lowest BCUT2D eigenvalue weighted by molar-refractivity contribution is 0.413. The quantitative estimate of drug-likeness (QED) is 0.597. The van der Waals surface area contributed by atoms with Gasteiger partial charge in [-0.1, -0.05) is 6.07 Å². The summed E-state index contributed by atoms with van der Waals surface area (Å²) in [7, 11) is 1.51. The molecule has 2 heterocycles. The highest BCUT2D eigenvalue weighted by Gasteiger charge is 2.09. The van der Waals surface area contributed by atoms with E-state index in [2.05, 4.69) is 15.0 Å². The number of aromatic amines is 2. The van der Waals surface area contributed by atoms with E-state index in [4.69, 9.17) is 4.74 Å². The van der Waals surface area contributed by atoms with Gasteiger partial charge in [-0.05, 0) is 35.9 Å². The first-order chi connectivity index (χ1) is 11.1. The Morgan fingerprint density at radius 3 is 2.78 bits per heavy atom. The highest BCUT2D eigenvalue weighted by atomic mass is 19.1. The molecule has 5 nitrogen and oxygen atoms in total. The van der Waals surface area contributed by atoms with E-state index in [1.54, 1.807) is 6.07 Å². The van der Waals surface area contributed by atoms with Crippen LogP contribution in [-0.2, 0) is 0 Å². The predicted molar refractivity (Wildman–Crippen MR) is 86.2 cm³/mol. The third-order valence-electron chi connectivity index (χ3n) is 3.77. The summed E-state index contributed by atoms with van der Waals surface area (Å²) in [5.41, 5.74) is 3.31. The minimum absolute atomic E-state index is 0.289. The molecule has 6 heteroatoms. The van der Waals surface area contributed by atoms with Crippen molar-refractivity contribution in [3.63, 3.8) is 0 Å². The van der Waals surface area contributed by atoms with Crippen molar-refractivity contribution in [2.24, 2.45) is 0 Å². The maximum absolute atomic E-state index is 13.4. The molecule has 2 aromatic heterocycles. The number of halogens is 1. The van der Waals surface area contributed by atoms with Gasteiger partial charge in [-0.3, -0.25) is 4.98 Å². The van der Waals surface area contributed by atoms with Crippen molar-refractivity contribution in [3.05, 3.63) is 58.8 Å². The van der Waals surface area contributed by atoms with E-state index in [9.17, 15) is 9.18 Å². The summed E-state index contributed by atoms with van der Waals surface area (Å²) in [5, 5.41) is 0.872. The fourth-order valence-electron chi connectivity index (χ4n) is 2.70. The zero-order valence-corrected chi connectivity index (χ0v) is 12.2. The molecule has 0 atom stereocenters. The van der Waals surface area contributed by atoms with E-state index in [0.717, 1.165) is 22.0 Å². The number of benzene rings is 2. The first-order valence-electron chi connectivity index (χ1n) is 7.01. The van der Waals surface area contributed by atoms with Gasteiger partial charge in [0.25, 0.3) is 0 Å². The fraction of sp³-hybridized carbons (Fsp3) is 0.0588. The Morgan fingerprint density at radius 2 is 1.96 bits per heavy atom. The Labute approximate surface area is 129 Å². The zero-order chi connectivity index (χ0) is 16.0. The molecule has 0 amide bonds. The summed E-state index contributed by atoms with van der Waals surface area (Å²) >= 11 is 0. The summed E-state index contributed by atoms with van der Waals surface area (Å²) < 4.78 is 18.6. The van der Waals surface area contributed by atoms with Gasteiger partial charge in [-0.15, -0.1) is 0 Å². The number of nitrogens with one attached hydrogen (secondary N) is 2. The summed E-state index contributed by atoms with van der Waals surface area (Å²) in [6.45, 7) is 0. The molecule has 0 fully saturated rings. The van der Waals surface area contributed by atoms with Crippen LogP contribution in [0.2, 0.25) is 0 Å². The Bertz CT molecular complexity index is 1100.